The number of hydrogen-bond donors (Lipinski definition) is 3. The molecule has 9 heavy (non-hydrogen) atoms. The zero-order valence-corrected chi connectivity index (χ0v) is 5.91. The van der Waals surface area contributed by atoms with Crippen molar-refractivity contribution >= 4 is 7.82 Å². The van der Waals surface area contributed by atoms with E-state index in [4.69, 9.17) is 15.5 Å². The van der Waals surface area contributed by atoms with Crippen LogP contribution in [0.15, 0.2) is 0 Å². The molecule has 0 amide bonds. The third-order valence-electron chi connectivity index (χ3n) is 0.675. The van der Waals surface area contributed by atoms with Crippen molar-refractivity contribution in [3.63, 3.8) is 0 Å². The lowest BCUT2D eigenvalue weighted by Crippen LogP contribution is -2.20. The van der Waals surface area contributed by atoms with Gasteiger partial charge in [0.05, 0.1) is 0 Å². The third-order valence-corrected chi connectivity index (χ3v) is 1.22. The Kier molecular flexibility index (Phi) is 3.32. The molecule has 0 saturated carbocycles. The first-order valence-electron chi connectivity index (χ1n) is 2.45. The Bertz CT molecular complexity index is 121. The van der Waals surface area contributed by atoms with Crippen LogP contribution in [0.3, 0.4) is 0 Å². The first kappa shape index (κ1) is 9.07. The van der Waals surface area contributed by atoms with Gasteiger partial charge < -0.3 is 15.5 Å². The SMILES string of the molecule is CC[C@H](N)OP(=O)(O)O. The molecule has 56 valence electrons. The van der Waals surface area contributed by atoms with Gasteiger partial charge in [0.2, 0.25) is 0 Å². The highest BCUT2D eigenvalue weighted by atomic mass is 31.2. The van der Waals surface area contributed by atoms with Crippen LogP contribution < -0.4 is 5.73 Å². The lowest BCUT2D eigenvalue weighted by molar-refractivity contribution is 0.134. The highest BCUT2D eigenvalue weighted by molar-refractivity contribution is 7.46. The number of rotatable bonds is 3. The van der Waals surface area contributed by atoms with Crippen molar-refractivity contribution in [2.24, 2.45) is 5.73 Å². The van der Waals surface area contributed by atoms with Gasteiger partial charge in [-0.15, -0.1) is 0 Å². The van der Waals surface area contributed by atoms with Crippen LogP contribution in [0.4, 0.5) is 0 Å². The summed E-state index contributed by atoms with van der Waals surface area (Å²) in [5.41, 5.74) is 5.04. The molecule has 0 heterocycles. The quantitative estimate of drug-likeness (QED) is 0.387. The normalized spacial score (nSPS) is 15.6. The third kappa shape index (κ3) is 5.95. The molecule has 0 bridgehead atoms. The van der Waals surface area contributed by atoms with E-state index in [1.165, 1.54) is 0 Å². The van der Waals surface area contributed by atoms with Gasteiger partial charge in [0.1, 0.15) is 6.23 Å². The molecule has 0 aliphatic carbocycles. The van der Waals surface area contributed by atoms with E-state index in [-0.39, 0.29) is 0 Å². The molecule has 0 aromatic rings. The molecule has 0 unspecified atom stereocenters. The standard InChI is InChI=1S/C3H10NO4P/c1-2-3(4)8-9(5,6)7/h3H,2,4H2,1H3,(H2,5,6,7)/t3-/m1/s1. The summed E-state index contributed by atoms with van der Waals surface area (Å²) in [6.07, 6.45) is -0.490. The Morgan fingerprint density at radius 2 is 2.22 bits per heavy atom. The molecule has 0 spiro atoms. The molecule has 0 aliphatic heterocycles. The minimum Gasteiger partial charge on any atom is -0.306 e. The van der Waals surface area contributed by atoms with Crippen molar-refractivity contribution in [2.45, 2.75) is 19.6 Å². The van der Waals surface area contributed by atoms with Crippen molar-refractivity contribution in [1.82, 2.24) is 0 Å². The molecule has 0 aliphatic rings. The maximum absolute atomic E-state index is 9.99. The van der Waals surface area contributed by atoms with Crippen molar-refractivity contribution in [2.75, 3.05) is 0 Å². The van der Waals surface area contributed by atoms with Gasteiger partial charge in [0, 0.05) is 0 Å². The van der Waals surface area contributed by atoms with E-state index < -0.39 is 14.1 Å². The van der Waals surface area contributed by atoms with Crippen molar-refractivity contribution < 1.29 is 18.9 Å². The molecular weight excluding hydrogens is 145 g/mol. The second kappa shape index (κ2) is 3.29. The average Bonchev–Trinajstić information content (AvgIpc) is 1.62. The van der Waals surface area contributed by atoms with Crippen LogP contribution in [-0.2, 0) is 9.09 Å². The summed E-state index contributed by atoms with van der Waals surface area (Å²) in [7, 11) is -4.36. The van der Waals surface area contributed by atoms with Crippen LogP contribution in [0.1, 0.15) is 13.3 Å². The van der Waals surface area contributed by atoms with E-state index in [2.05, 4.69) is 4.52 Å². The fourth-order valence-corrected chi connectivity index (χ4v) is 0.753. The van der Waals surface area contributed by atoms with Gasteiger partial charge in [-0.1, -0.05) is 6.92 Å². The summed E-state index contributed by atoms with van der Waals surface area (Å²) in [5.74, 6) is 0. The molecule has 0 fully saturated rings. The van der Waals surface area contributed by atoms with E-state index in [0.29, 0.717) is 6.42 Å². The summed E-state index contributed by atoms with van der Waals surface area (Å²) in [4.78, 5) is 16.3. The minimum absolute atomic E-state index is 0.380. The van der Waals surface area contributed by atoms with E-state index in [0.717, 1.165) is 0 Å². The zero-order valence-electron chi connectivity index (χ0n) is 5.02. The van der Waals surface area contributed by atoms with Crippen LogP contribution >= 0.6 is 7.82 Å². The fourth-order valence-electron chi connectivity index (χ4n) is 0.251. The number of hydrogen-bond acceptors (Lipinski definition) is 3. The second-order valence-corrected chi connectivity index (χ2v) is 2.73. The largest absolute Gasteiger partial charge is 0.471 e. The molecular formula is C3H10NO4P. The van der Waals surface area contributed by atoms with Crippen molar-refractivity contribution in [3.05, 3.63) is 0 Å². The van der Waals surface area contributed by atoms with Crippen LogP contribution in [0.2, 0.25) is 0 Å². The van der Waals surface area contributed by atoms with Gasteiger partial charge in [0.25, 0.3) is 0 Å². The smallest absolute Gasteiger partial charge is 0.306 e. The maximum Gasteiger partial charge on any atom is 0.471 e. The first-order chi connectivity index (χ1) is 3.95. The number of phosphoric ester groups is 1. The van der Waals surface area contributed by atoms with Crippen LogP contribution in [0, 0.1) is 0 Å². The topological polar surface area (TPSA) is 92.8 Å². The van der Waals surface area contributed by atoms with Crippen molar-refractivity contribution in [1.29, 1.82) is 0 Å². The van der Waals surface area contributed by atoms with Gasteiger partial charge in [-0.25, -0.2) is 4.57 Å². The maximum atomic E-state index is 9.99. The van der Waals surface area contributed by atoms with Crippen molar-refractivity contribution in [3.8, 4) is 0 Å². The van der Waals surface area contributed by atoms with Crippen LogP contribution in [-0.4, -0.2) is 16.0 Å². The summed E-state index contributed by atoms with van der Waals surface area (Å²) >= 11 is 0. The Hall–Kier alpha value is 0.0700. The van der Waals surface area contributed by atoms with Gasteiger partial charge in [-0.3, -0.25) is 4.52 Å². The summed E-state index contributed by atoms with van der Waals surface area (Å²) in [6.45, 7) is 1.67. The van der Waals surface area contributed by atoms with E-state index in [9.17, 15) is 4.57 Å². The Morgan fingerprint density at radius 1 is 1.78 bits per heavy atom. The summed E-state index contributed by atoms with van der Waals surface area (Å²) < 4.78 is 14.0. The van der Waals surface area contributed by atoms with Gasteiger partial charge in [-0.2, -0.15) is 0 Å². The zero-order chi connectivity index (χ0) is 7.49. The molecule has 0 rings (SSSR count). The predicted octanol–water partition coefficient (Wildman–Crippen LogP) is -0.210. The van der Waals surface area contributed by atoms with Gasteiger partial charge >= 0.3 is 7.82 Å². The fraction of sp³-hybridized carbons (Fsp3) is 1.00. The first-order valence-corrected chi connectivity index (χ1v) is 3.98. The van der Waals surface area contributed by atoms with E-state index in [1.807, 2.05) is 0 Å². The summed E-state index contributed by atoms with van der Waals surface area (Å²) in [5, 5.41) is 0. The van der Waals surface area contributed by atoms with E-state index in [1.54, 1.807) is 6.92 Å². The molecule has 0 radical (unpaired) electrons. The number of nitrogens with two attached hydrogens (primary N) is 1. The summed E-state index contributed by atoms with van der Waals surface area (Å²) in [6, 6.07) is 0. The minimum atomic E-state index is -4.36. The molecule has 4 N–H and O–H groups in total. The molecule has 6 heteroatoms. The Morgan fingerprint density at radius 3 is 2.33 bits per heavy atom. The molecule has 0 aromatic carbocycles. The van der Waals surface area contributed by atoms with Gasteiger partial charge in [-0.05, 0) is 6.42 Å². The molecule has 0 aromatic heterocycles. The molecule has 1 atom stereocenters. The molecule has 5 nitrogen and oxygen atoms in total. The second-order valence-electron chi connectivity index (χ2n) is 1.54. The Balaban J connectivity index is 3.60. The average molecular weight is 155 g/mol. The Labute approximate surface area is 53.1 Å². The predicted molar refractivity (Wildman–Crippen MR) is 31.4 cm³/mol. The van der Waals surface area contributed by atoms with Gasteiger partial charge in [0.15, 0.2) is 0 Å². The number of phosphoric acid groups is 1. The highest BCUT2D eigenvalue weighted by Crippen LogP contribution is 2.36. The lowest BCUT2D eigenvalue weighted by atomic mass is 10.5. The lowest BCUT2D eigenvalue weighted by Gasteiger charge is -2.09. The van der Waals surface area contributed by atoms with E-state index >= 15 is 0 Å². The highest BCUT2D eigenvalue weighted by Gasteiger charge is 2.17. The molecule has 0 saturated heterocycles. The monoisotopic (exact) mass is 155 g/mol. The van der Waals surface area contributed by atoms with Crippen LogP contribution in [0.5, 0.6) is 0 Å². The van der Waals surface area contributed by atoms with Crippen LogP contribution in [0.25, 0.3) is 0 Å².